The molecule has 3 aromatic rings. The van der Waals surface area contributed by atoms with Crippen LogP contribution < -0.4 is 10.6 Å². The topological polar surface area (TPSA) is 84.0 Å². The number of aromatic nitrogens is 2. The lowest BCUT2D eigenvalue weighted by atomic mass is 10.1. The summed E-state index contributed by atoms with van der Waals surface area (Å²) in [7, 11) is 0. The van der Waals surface area contributed by atoms with Crippen LogP contribution in [-0.4, -0.2) is 27.8 Å². The van der Waals surface area contributed by atoms with Gasteiger partial charge >= 0.3 is 6.03 Å². The molecule has 6 nitrogen and oxygen atoms in total. The number of carbonyl (C=O) groups excluding carboxylic acids is 2. The number of ketones is 1. The van der Waals surface area contributed by atoms with Crippen LogP contribution in [0.5, 0.6) is 0 Å². The second-order valence-corrected chi connectivity index (χ2v) is 8.17. The molecule has 1 heterocycles. The van der Waals surface area contributed by atoms with Crippen molar-refractivity contribution < 1.29 is 9.59 Å². The Kier molecular flexibility index (Phi) is 6.44. The lowest BCUT2D eigenvalue weighted by molar-refractivity contribution is 0.102. The van der Waals surface area contributed by atoms with E-state index >= 15 is 0 Å². The van der Waals surface area contributed by atoms with E-state index in [-0.39, 0.29) is 11.5 Å². The van der Waals surface area contributed by atoms with Crippen molar-refractivity contribution in [3.63, 3.8) is 0 Å². The Balaban J connectivity index is 1.50. The molecule has 9 heteroatoms. The first-order valence-electron chi connectivity index (χ1n) is 7.89. The average molecular weight is 419 g/mol. The summed E-state index contributed by atoms with van der Waals surface area (Å²) < 4.78 is 0.600. The molecule has 0 aliphatic rings. The second-order valence-electron chi connectivity index (χ2n) is 5.54. The summed E-state index contributed by atoms with van der Waals surface area (Å²) in [5.74, 6) is 0.199. The predicted octanol–water partition coefficient (Wildman–Crippen LogP) is 5.12. The van der Waals surface area contributed by atoms with Gasteiger partial charge in [-0.15, -0.1) is 10.2 Å². The van der Waals surface area contributed by atoms with Crippen molar-refractivity contribution in [1.82, 2.24) is 10.2 Å². The number of anilines is 2. The Labute approximate surface area is 169 Å². The maximum Gasteiger partial charge on any atom is 0.325 e. The summed E-state index contributed by atoms with van der Waals surface area (Å²) in [6, 6.07) is 13.8. The van der Waals surface area contributed by atoms with E-state index in [1.54, 1.807) is 24.3 Å². The summed E-state index contributed by atoms with van der Waals surface area (Å²) in [4.78, 5) is 24.2. The number of amides is 2. The van der Waals surface area contributed by atoms with Crippen LogP contribution in [0.1, 0.15) is 15.9 Å². The van der Waals surface area contributed by atoms with Gasteiger partial charge in [0, 0.05) is 16.3 Å². The van der Waals surface area contributed by atoms with Gasteiger partial charge in [0.2, 0.25) is 5.13 Å². The van der Waals surface area contributed by atoms with Gasteiger partial charge in [-0.25, -0.2) is 4.79 Å². The van der Waals surface area contributed by atoms with Crippen LogP contribution in [0.25, 0.3) is 0 Å². The van der Waals surface area contributed by atoms with Crippen molar-refractivity contribution in [2.75, 3.05) is 16.4 Å². The first-order chi connectivity index (χ1) is 13.0. The Morgan fingerprint density at radius 1 is 1.04 bits per heavy atom. The molecule has 27 heavy (non-hydrogen) atoms. The highest BCUT2D eigenvalue weighted by Gasteiger charge is 2.12. The Morgan fingerprint density at radius 3 is 2.44 bits per heavy atom. The molecule has 1 aromatic heterocycles. The number of nitrogens with one attached hydrogen (secondary N) is 2. The van der Waals surface area contributed by atoms with Gasteiger partial charge in [-0.1, -0.05) is 52.4 Å². The van der Waals surface area contributed by atoms with Crippen LogP contribution >= 0.6 is 34.7 Å². The second kappa shape index (κ2) is 8.98. The minimum absolute atomic E-state index is 0.0292. The molecule has 2 N–H and O–H groups in total. The van der Waals surface area contributed by atoms with Crippen molar-refractivity contribution >= 4 is 57.3 Å². The number of thioether (sulfide) groups is 1. The monoisotopic (exact) mass is 418 g/mol. The number of hydrogen-bond donors (Lipinski definition) is 2. The van der Waals surface area contributed by atoms with Gasteiger partial charge in [0.15, 0.2) is 10.1 Å². The molecule has 2 aromatic carbocycles. The molecule has 0 atom stereocenters. The van der Waals surface area contributed by atoms with Crippen molar-refractivity contribution in [1.29, 1.82) is 0 Å². The molecule has 2 amide bonds. The maximum atomic E-state index is 12.2. The first kappa shape index (κ1) is 19.3. The normalized spacial score (nSPS) is 10.4. The summed E-state index contributed by atoms with van der Waals surface area (Å²) in [6.07, 6.45) is 0. The number of urea groups is 1. The van der Waals surface area contributed by atoms with Gasteiger partial charge in [-0.3, -0.25) is 10.1 Å². The van der Waals surface area contributed by atoms with Gasteiger partial charge in [0.05, 0.1) is 5.75 Å². The zero-order valence-electron chi connectivity index (χ0n) is 14.2. The molecule has 0 saturated carbocycles. The number of benzene rings is 2. The highest BCUT2D eigenvalue weighted by atomic mass is 35.5. The van der Waals surface area contributed by atoms with Crippen LogP contribution in [0.4, 0.5) is 15.6 Å². The van der Waals surface area contributed by atoms with E-state index in [4.69, 9.17) is 11.6 Å². The lowest BCUT2D eigenvalue weighted by Gasteiger charge is -2.04. The quantitative estimate of drug-likeness (QED) is 0.330. The van der Waals surface area contributed by atoms with Crippen molar-refractivity contribution in [3.05, 3.63) is 64.7 Å². The van der Waals surface area contributed by atoms with E-state index in [1.165, 1.54) is 23.1 Å². The fourth-order valence-electron chi connectivity index (χ4n) is 2.06. The number of carbonyl (C=O) groups is 2. The fraction of sp³-hybridized carbons (Fsp3) is 0.111. The molecule has 0 fully saturated rings. The number of hydrogen-bond acceptors (Lipinski definition) is 6. The largest absolute Gasteiger partial charge is 0.325 e. The third-order valence-electron chi connectivity index (χ3n) is 3.43. The number of halogens is 1. The minimum Gasteiger partial charge on any atom is -0.308 e. The average Bonchev–Trinajstić information content (AvgIpc) is 3.09. The molecule has 0 radical (unpaired) electrons. The van der Waals surface area contributed by atoms with E-state index in [9.17, 15) is 9.59 Å². The molecule has 3 rings (SSSR count). The van der Waals surface area contributed by atoms with Crippen LogP contribution in [0.2, 0.25) is 5.02 Å². The van der Waals surface area contributed by atoms with Crippen molar-refractivity contribution in [2.24, 2.45) is 0 Å². The van der Waals surface area contributed by atoms with Crippen LogP contribution in [-0.2, 0) is 0 Å². The van der Waals surface area contributed by atoms with Crippen molar-refractivity contribution in [3.8, 4) is 0 Å². The highest BCUT2D eigenvalue weighted by molar-refractivity contribution is 8.01. The Morgan fingerprint density at radius 2 is 1.74 bits per heavy atom. The smallest absolute Gasteiger partial charge is 0.308 e. The highest BCUT2D eigenvalue weighted by Crippen LogP contribution is 2.26. The summed E-state index contributed by atoms with van der Waals surface area (Å²) in [5, 5.41) is 14.2. The Bertz CT molecular complexity index is 943. The number of aryl methyl sites for hydroxylation is 1. The predicted molar refractivity (Wildman–Crippen MR) is 110 cm³/mol. The number of rotatable bonds is 6. The van der Waals surface area contributed by atoms with Crippen LogP contribution in [0.3, 0.4) is 0 Å². The summed E-state index contributed by atoms with van der Waals surface area (Å²) in [6.45, 7) is 1.97. The molecule has 0 aliphatic carbocycles. The molecule has 0 aliphatic heterocycles. The molecular formula is C18H15ClN4O2S2. The Hall–Kier alpha value is -2.42. The maximum absolute atomic E-state index is 12.2. The molecule has 0 unspecified atom stereocenters. The van der Waals surface area contributed by atoms with Gasteiger partial charge in [0.1, 0.15) is 0 Å². The van der Waals surface area contributed by atoms with Gasteiger partial charge in [-0.05, 0) is 43.3 Å². The SMILES string of the molecule is Cc1ccc(NC(=O)Nc2nnc(SCC(=O)c3ccc(Cl)cc3)s2)cc1. The minimum atomic E-state index is -0.399. The zero-order valence-corrected chi connectivity index (χ0v) is 16.6. The van der Waals surface area contributed by atoms with E-state index in [0.29, 0.717) is 25.7 Å². The molecule has 0 saturated heterocycles. The molecular weight excluding hydrogens is 404 g/mol. The standard InChI is InChI=1S/C18H15ClN4O2S2/c1-11-2-8-14(9-3-11)20-16(25)21-17-22-23-18(27-17)26-10-15(24)12-4-6-13(19)7-5-12/h2-9H,10H2,1H3,(H2,20,21,22,25). The number of nitrogens with zero attached hydrogens (tertiary/aromatic N) is 2. The van der Waals surface area contributed by atoms with E-state index in [2.05, 4.69) is 20.8 Å². The van der Waals surface area contributed by atoms with E-state index in [0.717, 1.165) is 5.56 Å². The zero-order chi connectivity index (χ0) is 19.2. The van der Waals surface area contributed by atoms with Gasteiger partial charge < -0.3 is 5.32 Å². The molecule has 138 valence electrons. The molecule has 0 bridgehead atoms. The van der Waals surface area contributed by atoms with E-state index in [1.807, 2.05) is 31.2 Å². The fourth-order valence-corrected chi connectivity index (χ4v) is 3.83. The third kappa shape index (κ3) is 5.78. The van der Waals surface area contributed by atoms with Crippen molar-refractivity contribution in [2.45, 2.75) is 11.3 Å². The third-order valence-corrected chi connectivity index (χ3v) is 5.65. The van der Waals surface area contributed by atoms with E-state index < -0.39 is 6.03 Å². The lowest BCUT2D eigenvalue weighted by Crippen LogP contribution is -2.19. The first-order valence-corrected chi connectivity index (χ1v) is 10.1. The number of Topliss-reactive ketones (excluding diaryl/α,β-unsaturated/α-hetero) is 1. The summed E-state index contributed by atoms with van der Waals surface area (Å²) in [5.41, 5.74) is 2.39. The van der Waals surface area contributed by atoms with Gasteiger partial charge in [0.25, 0.3) is 0 Å². The van der Waals surface area contributed by atoms with Crippen LogP contribution in [0.15, 0.2) is 52.9 Å². The summed E-state index contributed by atoms with van der Waals surface area (Å²) >= 11 is 8.30. The van der Waals surface area contributed by atoms with Crippen LogP contribution in [0, 0.1) is 6.92 Å². The molecule has 0 spiro atoms. The van der Waals surface area contributed by atoms with Gasteiger partial charge in [-0.2, -0.15) is 0 Å².